The Kier molecular flexibility index (Phi) is 2.64. The van der Waals surface area contributed by atoms with Gasteiger partial charge in [0.25, 0.3) is 0 Å². The Morgan fingerprint density at radius 1 is 1.22 bits per heavy atom. The van der Waals surface area contributed by atoms with Crippen molar-refractivity contribution in [2.75, 3.05) is 5.32 Å². The Labute approximate surface area is 104 Å². The van der Waals surface area contributed by atoms with Gasteiger partial charge in [-0.05, 0) is 24.3 Å². The van der Waals surface area contributed by atoms with Crippen LogP contribution in [0.5, 0.6) is 0 Å². The van der Waals surface area contributed by atoms with E-state index in [-0.39, 0.29) is 0 Å². The number of hydrogen-bond donors (Lipinski definition) is 1. The van der Waals surface area contributed by atoms with Crippen LogP contribution in [-0.4, -0.2) is 20.0 Å². The van der Waals surface area contributed by atoms with Crippen molar-refractivity contribution in [2.45, 2.75) is 6.54 Å². The fourth-order valence-corrected chi connectivity index (χ4v) is 1.92. The first-order valence-electron chi connectivity index (χ1n) is 5.76. The van der Waals surface area contributed by atoms with Gasteiger partial charge in [-0.2, -0.15) is 0 Å². The van der Waals surface area contributed by atoms with Crippen LogP contribution in [0.1, 0.15) is 5.69 Å². The zero-order valence-corrected chi connectivity index (χ0v) is 10.0. The van der Waals surface area contributed by atoms with Crippen molar-refractivity contribution in [1.82, 2.24) is 20.0 Å². The normalized spacial score (nSPS) is 10.7. The minimum absolute atomic E-state index is 0.655. The highest BCUT2D eigenvalue weighted by Crippen LogP contribution is 2.21. The lowest BCUT2D eigenvalue weighted by molar-refractivity contribution is 0.713. The molecule has 3 aromatic rings. The van der Waals surface area contributed by atoms with Crippen molar-refractivity contribution in [1.29, 1.82) is 0 Å². The summed E-state index contributed by atoms with van der Waals surface area (Å²) in [6.45, 7) is 0.655. The fourth-order valence-electron chi connectivity index (χ4n) is 1.92. The van der Waals surface area contributed by atoms with E-state index in [1.807, 2.05) is 37.5 Å². The summed E-state index contributed by atoms with van der Waals surface area (Å²) in [5.74, 6) is 0. The standard InChI is InChI=1S/C13H13N5/c1-18-9-10(16-17-18)8-15-13-6-2-5-12-11(13)4-3-7-14-12/h2-7,9,15H,8H2,1H3. The Morgan fingerprint density at radius 3 is 3.00 bits per heavy atom. The van der Waals surface area contributed by atoms with Crippen LogP contribution in [-0.2, 0) is 13.6 Å². The third kappa shape index (κ3) is 2.02. The van der Waals surface area contributed by atoms with Crippen molar-refractivity contribution in [3.05, 3.63) is 48.4 Å². The van der Waals surface area contributed by atoms with Crippen LogP contribution in [0.15, 0.2) is 42.7 Å². The first kappa shape index (κ1) is 10.7. The molecule has 0 bridgehead atoms. The van der Waals surface area contributed by atoms with Crippen LogP contribution in [0, 0.1) is 0 Å². The maximum atomic E-state index is 4.33. The molecule has 5 nitrogen and oxygen atoms in total. The van der Waals surface area contributed by atoms with E-state index in [0.29, 0.717) is 6.54 Å². The summed E-state index contributed by atoms with van der Waals surface area (Å²) >= 11 is 0. The Hall–Kier alpha value is -2.43. The average Bonchev–Trinajstić information content (AvgIpc) is 2.82. The number of hydrogen-bond acceptors (Lipinski definition) is 4. The van der Waals surface area contributed by atoms with E-state index in [9.17, 15) is 0 Å². The van der Waals surface area contributed by atoms with Crippen molar-refractivity contribution in [2.24, 2.45) is 7.05 Å². The topological polar surface area (TPSA) is 55.6 Å². The number of anilines is 1. The highest BCUT2D eigenvalue weighted by atomic mass is 15.4. The molecule has 2 aromatic heterocycles. The second-order valence-electron chi connectivity index (χ2n) is 4.11. The zero-order chi connectivity index (χ0) is 12.4. The predicted octanol–water partition coefficient (Wildman–Crippen LogP) is 1.98. The van der Waals surface area contributed by atoms with E-state index >= 15 is 0 Å². The van der Waals surface area contributed by atoms with Gasteiger partial charge in [-0.1, -0.05) is 11.3 Å². The lowest BCUT2D eigenvalue weighted by Crippen LogP contribution is -2.00. The van der Waals surface area contributed by atoms with Gasteiger partial charge in [0.15, 0.2) is 0 Å². The summed E-state index contributed by atoms with van der Waals surface area (Å²) in [5, 5.41) is 12.4. The third-order valence-corrected chi connectivity index (χ3v) is 2.76. The summed E-state index contributed by atoms with van der Waals surface area (Å²) in [4.78, 5) is 4.33. The number of pyridine rings is 1. The van der Waals surface area contributed by atoms with Crippen molar-refractivity contribution >= 4 is 16.6 Å². The molecular formula is C13H13N5. The van der Waals surface area contributed by atoms with Gasteiger partial charge in [0.2, 0.25) is 0 Å². The minimum Gasteiger partial charge on any atom is -0.379 e. The molecule has 18 heavy (non-hydrogen) atoms. The third-order valence-electron chi connectivity index (χ3n) is 2.76. The molecule has 0 spiro atoms. The van der Waals surface area contributed by atoms with Crippen LogP contribution in [0.2, 0.25) is 0 Å². The van der Waals surface area contributed by atoms with Gasteiger partial charge in [0.1, 0.15) is 5.69 Å². The summed E-state index contributed by atoms with van der Waals surface area (Å²) in [6.07, 6.45) is 3.70. The monoisotopic (exact) mass is 239 g/mol. The second kappa shape index (κ2) is 4.44. The van der Waals surface area contributed by atoms with Crippen LogP contribution in [0.4, 0.5) is 5.69 Å². The van der Waals surface area contributed by atoms with Crippen LogP contribution < -0.4 is 5.32 Å². The molecule has 1 N–H and O–H groups in total. The summed E-state index contributed by atoms with van der Waals surface area (Å²) < 4.78 is 1.70. The Bertz CT molecular complexity index is 668. The van der Waals surface area contributed by atoms with Gasteiger partial charge >= 0.3 is 0 Å². The molecule has 3 rings (SSSR count). The molecule has 1 aromatic carbocycles. The number of nitrogens with zero attached hydrogens (tertiary/aromatic N) is 4. The van der Waals surface area contributed by atoms with Gasteiger partial charge in [-0.25, -0.2) is 0 Å². The van der Waals surface area contributed by atoms with Crippen LogP contribution in [0.25, 0.3) is 10.9 Å². The molecule has 0 saturated carbocycles. The molecule has 0 unspecified atom stereocenters. The van der Waals surface area contributed by atoms with Crippen LogP contribution in [0.3, 0.4) is 0 Å². The van der Waals surface area contributed by atoms with E-state index in [2.05, 4.69) is 26.7 Å². The highest BCUT2D eigenvalue weighted by molar-refractivity contribution is 5.91. The first-order chi connectivity index (χ1) is 8.83. The quantitative estimate of drug-likeness (QED) is 0.759. The molecular weight excluding hydrogens is 226 g/mol. The second-order valence-corrected chi connectivity index (χ2v) is 4.11. The van der Waals surface area contributed by atoms with Crippen molar-refractivity contribution in [3.63, 3.8) is 0 Å². The Morgan fingerprint density at radius 2 is 2.17 bits per heavy atom. The van der Waals surface area contributed by atoms with Gasteiger partial charge in [-0.3, -0.25) is 9.67 Å². The van der Waals surface area contributed by atoms with E-state index < -0.39 is 0 Å². The molecule has 0 saturated heterocycles. The van der Waals surface area contributed by atoms with Crippen molar-refractivity contribution < 1.29 is 0 Å². The van der Waals surface area contributed by atoms with Gasteiger partial charge in [0.05, 0.1) is 12.1 Å². The van der Waals surface area contributed by atoms with Gasteiger partial charge in [0, 0.05) is 30.5 Å². The molecule has 2 heterocycles. The zero-order valence-electron chi connectivity index (χ0n) is 10.0. The van der Waals surface area contributed by atoms with E-state index in [1.165, 1.54) is 0 Å². The number of benzene rings is 1. The molecule has 0 aliphatic rings. The summed E-state index contributed by atoms with van der Waals surface area (Å²) in [5.41, 5.74) is 2.96. The van der Waals surface area contributed by atoms with E-state index in [1.54, 1.807) is 10.9 Å². The first-order valence-corrected chi connectivity index (χ1v) is 5.76. The van der Waals surface area contributed by atoms with Crippen LogP contribution >= 0.6 is 0 Å². The minimum atomic E-state index is 0.655. The molecule has 0 radical (unpaired) electrons. The van der Waals surface area contributed by atoms with Crippen molar-refractivity contribution in [3.8, 4) is 0 Å². The lowest BCUT2D eigenvalue weighted by Gasteiger charge is -2.07. The number of nitrogens with one attached hydrogen (secondary N) is 1. The summed E-state index contributed by atoms with van der Waals surface area (Å²) in [7, 11) is 1.86. The molecule has 5 heteroatoms. The van der Waals surface area contributed by atoms with Gasteiger partial charge in [-0.15, -0.1) is 5.10 Å². The maximum absolute atomic E-state index is 4.33. The average molecular weight is 239 g/mol. The lowest BCUT2D eigenvalue weighted by atomic mass is 10.2. The largest absolute Gasteiger partial charge is 0.379 e. The number of aromatic nitrogens is 4. The highest BCUT2D eigenvalue weighted by Gasteiger charge is 2.02. The van der Waals surface area contributed by atoms with E-state index in [0.717, 1.165) is 22.3 Å². The predicted molar refractivity (Wildman–Crippen MR) is 70.1 cm³/mol. The molecule has 90 valence electrons. The molecule has 0 atom stereocenters. The molecule has 0 amide bonds. The smallest absolute Gasteiger partial charge is 0.102 e. The summed E-state index contributed by atoms with van der Waals surface area (Å²) in [6, 6.07) is 10.0. The molecule has 0 fully saturated rings. The fraction of sp³-hybridized carbons (Fsp3) is 0.154. The van der Waals surface area contributed by atoms with Gasteiger partial charge < -0.3 is 5.32 Å². The molecule has 0 aliphatic carbocycles. The molecule has 0 aliphatic heterocycles. The Balaban J connectivity index is 1.86. The number of fused-ring (bicyclic) bond motifs is 1. The van der Waals surface area contributed by atoms with E-state index in [4.69, 9.17) is 0 Å². The SMILES string of the molecule is Cn1cc(CNc2cccc3ncccc23)nn1. The number of aryl methyl sites for hydroxylation is 1. The number of rotatable bonds is 3. The maximum Gasteiger partial charge on any atom is 0.102 e.